The number of likely N-dealkylation sites (N-methyl/N-ethyl adjacent to an activating group) is 1. The maximum Gasteiger partial charge on any atom is 0.242 e. The lowest BCUT2D eigenvalue weighted by atomic mass is 10.1. The van der Waals surface area contributed by atoms with E-state index in [0.29, 0.717) is 25.1 Å². The van der Waals surface area contributed by atoms with Gasteiger partial charge >= 0.3 is 0 Å². The largest absolute Gasteiger partial charge is 0.357 e. The molecule has 0 saturated carbocycles. The van der Waals surface area contributed by atoms with Gasteiger partial charge in [0.25, 0.3) is 0 Å². The lowest BCUT2D eigenvalue weighted by Crippen LogP contribution is -2.48. The lowest BCUT2D eigenvalue weighted by Gasteiger charge is -2.30. The van der Waals surface area contributed by atoms with Gasteiger partial charge in [0, 0.05) is 26.6 Å². The molecule has 0 aliphatic carbocycles. The first kappa shape index (κ1) is 25.4. The summed E-state index contributed by atoms with van der Waals surface area (Å²) in [5.74, 6) is -0.391. The summed E-state index contributed by atoms with van der Waals surface area (Å²) in [4.78, 5) is 27.2. The van der Waals surface area contributed by atoms with Crippen LogP contribution in [0, 0.1) is 6.92 Å². The van der Waals surface area contributed by atoms with Crippen molar-refractivity contribution >= 4 is 27.5 Å². The van der Waals surface area contributed by atoms with Gasteiger partial charge in [-0.1, -0.05) is 55.0 Å². The number of carbonyl (C=O) groups excluding carboxylic acids is 2. The number of amides is 2. The molecule has 0 saturated heterocycles. The summed E-state index contributed by atoms with van der Waals surface area (Å²) in [6.07, 6.45) is 2.12. The van der Waals surface area contributed by atoms with Crippen LogP contribution in [-0.4, -0.2) is 51.0 Å². The molecule has 0 fully saturated rings. The van der Waals surface area contributed by atoms with Crippen molar-refractivity contribution in [1.82, 2.24) is 10.2 Å². The van der Waals surface area contributed by atoms with Crippen molar-refractivity contribution in [2.45, 2.75) is 45.7 Å². The van der Waals surface area contributed by atoms with E-state index in [-0.39, 0.29) is 24.8 Å². The molecule has 0 unspecified atom stereocenters. The van der Waals surface area contributed by atoms with Gasteiger partial charge in [0.2, 0.25) is 21.8 Å². The van der Waals surface area contributed by atoms with Crippen molar-refractivity contribution in [3.8, 4) is 0 Å². The van der Waals surface area contributed by atoms with Crippen LogP contribution in [-0.2, 0) is 26.2 Å². The van der Waals surface area contributed by atoms with Gasteiger partial charge in [-0.3, -0.25) is 13.9 Å². The van der Waals surface area contributed by atoms with E-state index in [9.17, 15) is 18.0 Å². The fourth-order valence-electron chi connectivity index (χ4n) is 3.57. The summed E-state index contributed by atoms with van der Waals surface area (Å²) >= 11 is 0. The molecule has 8 heteroatoms. The summed E-state index contributed by atoms with van der Waals surface area (Å²) in [5.41, 5.74) is 2.62. The van der Waals surface area contributed by atoms with Gasteiger partial charge in [0.15, 0.2) is 0 Å². The molecule has 1 atom stereocenters. The molecular weight excluding hydrogens is 426 g/mol. The molecule has 32 heavy (non-hydrogen) atoms. The Morgan fingerprint density at radius 2 is 1.66 bits per heavy atom. The predicted molar refractivity (Wildman–Crippen MR) is 128 cm³/mol. The average molecular weight is 460 g/mol. The molecule has 2 aromatic rings. The second-order valence-corrected chi connectivity index (χ2v) is 9.73. The minimum absolute atomic E-state index is 0.137. The number of nitrogens with one attached hydrogen (secondary N) is 1. The maximum absolute atomic E-state index is 13.2. The molecule has 2 aromatic carbocycles. The summed E-state index contributed by atoms with van der Waals surface area (Å²) in [5, 5.41) is 2.64. The average Bonchev–Trinajstić information content (AvgIpc) is 2.77. The highest BCUT2D eigenvalue weighted by atomic mass is 32.2. The van der Waals surface area contributed by atoms with Crippen LogP contribution in [0.1, 0.15) is 37.3 Å². The number of rotatable bonds is 11. The zero-order valence-corrected chi connectivity index (χ0v) is 20.1. The Morgan fingerprint density at radius 3 is 2.19 bits per heavy atom. The first-order chi connectivity index (χ1) is 15.2. The van der Waals surface area contributed by atoms with E-state index in [0.717, 1.165) is 17.4 Å². The van der Waals surface area contributed by atoms with Crippen LogP contribution in [0.4, 0.5) is 5.69 Å². The Morgan fingerprint density at radius 1 is 1.03 bits per heavy atom. The van der Waals surface area contributed by atoms with Crippen LogP contribution in [0.5, 0.6) is 0 Å². The van der Waals surface area contributed by atoms with Crippen LogP contribution in [0.15, 0.2) is 54.6 Å². The van der Waals surface area contributed by atoms with E-state index in [1.54, 1.807) is 36.2 Å². The quantitative estimate of drug-likeness (QED) is 0.559. The molecule has 174 valence electrons. The number of aryl methyl sites for hydroxylation is 1. The highest BCUT2D eigenvalue weighted by Gasteiger charge is 2.28. The number of anilines is 1. The predicted octanol–water partition coefficient (Wildman–Crippen LogP) is 3.09. The number of carbonyl (C=O) groups is 2. The molecule has 7 nitrogen and oxygen atoms in total. The van der Waals surface area contributed by atoms with Crippen molar-refractivity contribution < 1.29 is 18.0 Å². The fraction of sp³-hybridized carbons (Fsp3) is 0.417. The fourth-order valence-corrected chi connectivity index (χ4v) is 4.54. The van der Waals surface area contributed by atoms with Crippen molar-refractivity contribution in [3.63, 3.8) is 0 Å². The Kier molecular flexibility index (Phi) is 9.26. The summed E-state index contributed by atoms with van der Waals surface area (Å²) in [7, 11) is -1.92. The molecule has 1 N–H and O–H groups in total. The Labute approximate surface area is 191 Å². The monoisotopic (exact) mass is 459 g/mol. The zero-order chi connectivity index (χ0) is 23.7. The molecule has 0 heterocycles. The Bertz CT molecular complexity index is 992. The first-order valence-corrected chi connectivity index (χ1v) is 12.6. The van der Waals surface area contributed by atoms with E-state index in [1.807, 2.05) is 44.2 Å². The van der Waals surface area contributed by atoms with Crippen LogP contribution < -0.4 is 9.62 Å². The van der Waals surface area contributed by atoms with E-state index >= 15 is 0 Å². The zero-order valence-electron chi connectivity index (χ0n) is 19.2. The molecule has 2 amide bonds. The topological polar surface area (TPSA) is 86.8 Å². The minimum Gasteiger partial charge on any atom is -0.357 e. The second-order valence-electron chi connectivity index (χ2n) is 7.82. The SMILES string of the molecule is CC[C@@H](C(=O)NC)N(Cc1ccc(C)cc1)C(=O)CCCN(c1ccccc1)S(C)(=O)=O. The minimum atomic E-state index is -3.48. The third-order valence-corrected chi connectivity index (χ3v) is 6.50. The first-order valence-electron chi connectivity index (χ1n) is 10.8. The third kappa shape index (κ3) is 7.09. The molecule has 0 spiro atoms. The molecule has 0 aliphatic heterocycles. The number of benzene rings is 2. The summed E-state index contributed by atoms with van der Waals surface area (Å²) in [6.45, 7) is 4.37. The van der Waals surface area contributed by atoms with Crippen LogP contribution in [0.2, 0.25) is 0 Å². The van der Waals surface area contributed by atoms with Crippen LogP contribution in [0.3, 0.4) is 0 Å². The third-order valence-electron chi connectivity index (χ3n) is 5.30. The van der Waals surface area contributed by atoms with Gasteiger partial charge in [-0.05, 0) is 37.5 Å². The number of para-hydroxylation sites is 1. The number of hydrogen-bond acceptors (Lipinski definition) is 4. The second kappa shape index (κ2) is 11.7. The van der Waals surface area contributed by atoms with Crippen molar-refractivity contribution in [2.75, 3.05) is 24.2 Å². The van der Waals surface area contributed by atoms with E-state index in [2.05, 4.69) is 5.32 Å². The Balaban J connectivity index is 2.15. The lowest BCUT2D eigenvalue weighted by molar-refractivity contribution is -0.141. The Hall–Kier alpha value is -2.87. The molecule has 2 rings (SSSR count). The van der Waals surface area contributed by atoms with Gasteiger partial charge < -0.3 is 10.2 Å². The van der Waals surface area contributed by atoms with Gasteiger partial charge in [-0.15, -0.1) is 0 Å². The highest BCUT2D eigenvalue weighted by Crippen LogP contribution is 2.19. The molecule has 0 bridgehead atoms. The van der Waals surface area contributed by atoms with Crippen LogP contribution >= 0.6 is 0 Å². The standard InChI is InChI=1S/C24H33N3O4S/c1-5-22(24(29)25-3)26(18-20-15-13-19(2)14-16-20)23(28)12-9-17-27(32(4,30)31)21-10-7-6-8-11-21/h6-8,10-11,13-16,22H,5,9,12,17-18H2,1-4H3,(H,25,29)/t22-/m0/s1. The van der Waals surface area contributed by atoms with Gasteiger partial charge in [-0.2, -0.15) is 0 Å². The number of hydrogen-bond donors (Lipinski definition) is 1. The van der Waals surface area contributed by atoms with Gasteiger partial charge in [0.05, 0.1) is 11.9 Å². The summed E-state index contributed by atoms with van der Waals surface area (Å²) < 4.78 is 25.8. The number of sulfonamides is 1. The van der Waals surface area contributed by atoms with Gasteiger partial charge in [-0.25, -0.2) is 8.42 Å². The summed E-state index contributed by atoms with van der Waals surface area (Å²) in [6, 6.07) is 16.1. The van der Waals surface area contributed by atoms with Crippen molar-refractivity contribution in [3.05, 3.63) is 65.7 Å². The van der Waals surface area contributed by atoms with E-state index in [1.165, 1.54) is 4.31 Å². The molecule has 0 aromatic heterocycles. The maximum atomic E-state index is 13.2. The van der Waals surface area contributed by atoms with Gasteiger partial charge in [0.1, 0.15) is 6.04 Å². The molecule has 0 aliphatic rings. The number of nitrogens with zero attached hydrogens (tertiary/aromatic N) is 2. The van der Waals surface area contributed by atoms with Crippen molar-refractivity contribution in [2.24, 2.45) is 0 Å². The molecular formula is C24H33N3O4S. The normalized spacial score (nSPS) is 12.1. The molecule has 0 radical (unpaired) electrons. The van der Waals surface area contributed by atoms with E-state index < -0.39 is 16.1 Å². The smallest absolute Gasteiger partial charge is 0.242 e. The van der Waals surface area contributed by atoms with Crippen LogP contribution in [0.25, 0.3) is 0 Å². The van der Waals surface area contributed by atoms with Crippen molar-refractivity contribution in [1.29, 1.82) is 0 Å². The highest BCUT2D eigenvalue weighted by molar-refractivity contribution is 7.92. The van der Waals surface area contributed by atoms with E-state index in [4.69, 9.17) is 0 Å².